The molecule has 0 spiro atoms. The minimum atomic E-state index is -0.880. The van der Waals surface area contributed by atoms with E-state index in [0.29, 0.717) is 46.4 Å². The third kappa shape index (κ3) is 4.76. The van der Waals surface area contributed by atoms with Crippen LogP contribution in [0.2, 0.25) is 0 Å². The van der Waals surface area contributed by atoms with Crippen LogP contribution in [-0.2, 0) is 9.59 Å². The highest BCUT2D eigenvalue weighted by atomic mass is 16.7. The van der Waals surface area contributed by atoms with E-state index in [1.165, 1.54) is 26.2 Å². The summed E-state index contributed by atoms with van der Waals surface area (Å²) in [6.07, 6.45) is 0. The van der Waals surface area contributed by atoms with Gasteiger partial charge in [-0.1, -0.05) is 13.8 Å². The third-order valence-corrected chi connectivity index (χ3v) is 6.74. The van der Waals surface area contributed by atoms with Crippen LogP contribution in [0.5, 0.6) is 28.7 Å². The zero-order chi connectivity index (χ0) is 26.7. The first-order chi connectivity index (χ1) is 17.9. The van der Waals surface area contributed by atoms with E-state index in [1.54, 1.807) is 30.3 Å². The van der Waals surface area contributed by atoms with Crippen LogP contribution in [0, 0.1) is 0 Å². The van der Waals surface area contributed by atoms with Crippen LogP contribution >= 0.6 is 0 Å². The maximum absolute atomic E-state index is 13.4. The summed E-state index contributed by atoms with van der Waals surface area (Å²) in [6.45, 7) is 6.58. The first-order valence-corrected chi connectivity index (χ1v) is 12.1. The van der Waals surface area contributed by atoms with Crippen LogP contribution in [0.3, 0.4) is 0 Å². The van der Waals surface area contributed by atoms with Crippen LogP contribution in [0.4, 0.5) is 0 Å². The third-order valence-electron chi connectivity index (χ3n) is 6.74. The van der Waals surface area contributed by atoms with Crippen molar-refractivity contribution in [2.24, 2.45) is 0 Å². The van der Waals surface area contributed by atoms with E-state index >= 15 is 0 Å². The molecule has 37 heavy (non-hydrogen) atoms. The van der Waals surface area contributed by atoms with Gasteiger partial charge in [0.25, 0.3) is 11.7 Å². The summed E-state index contributed by atoms with van der Waals surface area (Å²) in [7, 11) is 4.48. The van der Waals surface area contributed by atoms with E-state index in [1.807, 2.05) is 13.8 Å². The summed E-state index contributed by atoms with van der Waals surface area (Å²) in [6, 6.07) is 7.37. The largest absolute Gasteiger partial charge is 0.507 e. The molecule has 2 aromatic carbocycles. The molecule has 4 rings (SSSR count). The molecule has 2 aromatic rings. The van der Waals surface area contributed by atoms with E-state index < -0.39 is 17.7 Å². The molecule has 1 unspecified atom stereocenters. The monoisotopic (exact) mass is 512 g/mol. The Hall–Kier alpha value is -3.92. The van der Waals surface area contributed by atoms with Gasteiger partial charge in [-0.3, -0.25) is 9.59 Å². The lowest BCUT2D eigenvalue weighted by molar-refractivity contribution is -0.140. The average molecular weight is 513 g/mol. The zero-order valence-electron chi connectivity index (χ0n) is 21.7. The van der Waals surface area contributed by atoms with Gasteiger partial charge in [-0.15, -0.1) is 0 Å². The molecule has 1 atom stereocenters. The van der Waals surface area contributed by atoms with Crippen LogP contribution in [-0.4, -0.2) is 80.9 Å². The van der Waals surface area contributed by atoms with Crippen molar-refractivity contribution in [3.8, 4) is 28.7 Å². The van der Waals surface area contributed by atoms with Gasteiger partial charge in [-0.05, 0) is 49.0 Å². The van der Waals surface area contributed by atoms with Gasteiger partial charge in [0.2, 0.25) is 12.5 Å². The number of hydrogen-bond acceptors (Lipinski definition) is 9. The Bertz CT molecular complexity index is 1200. The van der Waals surface area contributed by atoms with Gasteiger partial charge >= 0.3 is 0 Å². The maximum atomic E-state index is 13.4. The molecule has 1 N–H and O–H groups in total. The van der Waals surface area contributed by atoms with E-state index in [-0.39, 0.29) is 24.7 Å². The Morgan fingerprint density at radius 1 is 1.00 bits per heavy atom. The molecule has 0 saturated carbocycles. The first kappa shape index (κ1) is 26.2. The summed E-state index contributed by atoms with van der Waals surface area (Å²) in [5.41, 5.74) is 0.844. The molecule has 0 aromatic heterocycles. The second kappa shape index (κ2) is 11.0. The number of methoxy groups -OCH3 is 3. The molecule has 1 fully saturated rings. The minimum absolute atomic E-state index is 0.0299. The number of hydrogen-bond donors (Lipinski definition) is 1. The van der Waals surface area contributed by atoms with Crippen molar-refractivity contribution < 1.29 is 38.4 Å². The summed E-state index contributed by atoms with van der Waals surface area (Å²) in [4.78, 5) is 30.4. The van der Waals surface area contributed by atoms with Crippen LogP contribution in [0.15, 0.2) is 35.9 Å². The van der Waals surface area contributed by atoms with Crippen molar-refractivity contribution in [1.82, 2.24) is 9.80 Å². The van der Waals surface area contributed by atoms with E-state index in [0.717, 1.165) is 13.1 Å². The van der Waals surface area contributed by atoms with Crippen molar-refractivity contribution in [3.63, 3.8) is 0 Å². The normalized spacial score (nSPS) is 18.0. The number of aliphatic hydroxyl groups excluding tert-OH is 1. The summed E-state index contributed by atoms with van der Waals surface area (Å²) in [5.74, 6) is 0.345. The number of likely N-dealkylation sites (N-methyl/N-ethyl adjacent to an activating group) is 1. The number of carbonyl (C=O) groups is 2. The fourth-order valence-electron chi connectivity index (χ4n) is 4.70. The highest BCUT2D eigenvalue weighted by Gasteiger charge is 2.46. The molecular formula is C27H32N2O8. The quantitative estimate of drug-likeness (QED) is 0.292. The molecule has 198 valence electrons. The first-order valence-electron chi connectivity index (χ1n) is 12.1. The Kier molecular flexibility index (Phi) is 7.77. The molecule has 10 nitrogen and oxygen atoms in total. The highest BCUT2D eigenvalue weighted by Crippen LogP contribution is 2.46. The van der Waals surface area contributed by atoms with Crippen molar-refractivity contribution in [2.75, 3.05) is 54.3 Å². The van der Waals surface area contributed by atoms with Crippen molar-refractivity contribution >= 4 is 17.4 Å². The Morgan fingerprint density at radius 3 is 2.24 bits per heavy atom. The number of ether oxygens (including phenoxy) is 5. The molecule has 0 aliphatic carbocycles. The lowest BCUT2D eigenvalue weighted by Crippen LogP contribution is -2.38. The number of rotatable bonds is 10. The molecule has 1 amide bonds. The fraction of sp³-hybridized carbons (Fsp3) is 0.407. The van der Waals surface area contributed by atoms with E-state index in [9.17, 15) is 14.7 Å². The predicted molar refractivity (Wildman–Crippen MR) is 135 cm³/mol. The number of aliphatic hydroxyl groups is 1. The molecule has 2 aliphatic rings. The Labute approximate surface area is 215 Å². The van der Waals surface area contributed by atoms with Crippen LogP contribution in [0.25, 0.3) is 5.76 Å². The smallest absolute Gasteiger partial charge is 0.295 e. The molecule has 2 aliphatic heterocycles. The van der Waals surface area contributed by atoms with Crippen LogP contribution < -0.4 is 23.7 Å². The van der Waals surface area contributed by atoms with Gasteiger partial charge in [-0.2, -0.15) is 0 Å². The van der Waals surface area contributed by atoms with E-state index in [2.05, 4.69) is 4.90 Å². The van der Waals surface area contributed by atoms with Crippen molar-refractivity contribution in [1.29, 1.82) is 0 Å². The standard InChI is InChI=1S/C27H32N2O8/c1-6-28(7-2)10-11-29-23(17-13-20(33-3)26(35-5)21(14-17)34-4)22(25(31)27(29)32)24(30)16-8-9-18-19(12-16)37-15-36-18/h8-9,12-14,23,30H,6-7,10-11,15H2,1-5H3. The second-order valence-electron chi connectivity index (χ2n) is 8.55. The number of amides is 1. The highest BCUT2D eigenvalue weighted by molar-refractivity contribution is 6.46. The summed E-state index contributed by atoms with van der Waals surface area (Å²) in [5, 5.41) is 11.4. The van der Waals surface area contributed by atoms with Gasteiger partial charge in [0.05, 0.1) is 32.9 Å². The number of likely N-dealkylation sites (tertiary alicyclic amines) is 1. The second-order valence-corrected chi connectivity index (χ2v) is 8.55. The molecule has 0 radical (unpaired) electrons. The van der Waals surface area contributed by atoms with Gasteiger partial charge in [0.1, 0.15) is 5.76 Å². The predicted octanol–water partition coefficient (Wildman–Crippen LogP) is 3.20. The Morgan fingerprint density at radius 2 is 1.65 bits per heavy atom. The molecule has 2 heterocycles. The van der Waals surface area contributed by atoms with Gasteiger partial charge in [0, 0.05) is 18.7 Å². The lowest BCUT2D eigenvalue weighted by atomic mass is 9.94. The van der Waals surface area contributed by atoms with Crippen molar-refractivity contribution in [3.05, 3.63) is 47.0 Å². The molecule has 1 saturated heterocycles. The van der Waals surface area contributed by atoms with E-state index in [4.69, 9.17) is 23.7 Å². The minimum Gasteiger partial charge on any atom is -0.507 e. The van der Waals surface area contributed by atoms with Gasteiger partial charge in [0.15, 0.2) is 23.0 Å². The number of benzene rings is 2. The number of Topliss-reactive ketones (excluding diaryl/α,β-unsaturated/α-hetero) is 1. The van der Waals surface area contributed by atoms with Crippen molar-refractivity contribution in [2.45, 2.75) is 19.9 Å². The van der Waals surface area contributed by atoms with Gasteiger partial charge in [-0.25, -0.2) is 0 Å². The number of carbonyl (C=O) groups excluding carboxylic acids is 2. The number of fused-ring (bicyclic) bond motifs is 1. The molecule has 0 bridgehead atoms. The van der Waals surface area contributed by atoms with Gasteiger partial charge < -0.3 is 38.6 Å². The zero-order valence-corrected chi connectivity index (χ0v) is 21.7. The summed E-state index contributed by atoms with van der Waals surface area (Å²) < 4.78 is 27.3. The summed E-state index contributed by atoms with van der Waals surface area (Å²) >= 11 is 0. The topological polar surface area (TPSA) is 107 Å². The molecule has 10 heteroatoms. The maximum Gasteiger partial charge on any atom is 0.295 e. The van der Waals surface area contributed by atoms with Crippen LogP contribution in [0.1, 0.15) is 31.0 Å². The number of nitrogens with zero attached hydrogens (tertiary/aromatic N) is 2. The SMILES string of the molecule is CCN(CC)CCN1C(=O)C(=O)C(=C(O)c2ccc3c(c2)OCO3)C1c1cc(OC)c(OC)c(OC)c1. The Balaban J connectivity index is 1.88. The average Bonchev–Trinajstić information content (AvgIpc) is 3.49. The molecular weight excluding hydrogens is 480 g/mol. The lowest BCUT2D eigenvalue weighted by Gasteiger charge is -2.29. The number of ketones is 1. The fourth-order valence-corrected chi connectivity index (χ4v) is 4.70.